The number of rotatable bonds is 2. The van der Waals surface area contributed by atoms with Gasteiger partial charge in [0.1, 0.15) is 0 Å². The van der Waals surface area contributed by atoms with Crippen LogP contribution in [0.4, 0.5) is 0 Å². The second-order valence-corrected chi connectivity index (χ2v) is 3.36. The van der Waals surface area contributed by atoms with E-state index < -0.39 is 0 Å². The molecule has 0 aliphatic heterocycles. The molecule has 2 aromatic rings. The van der Waals surface area contributed by atoms with Gasteiger partial charge in [-0.2, -0.15) is 5.10 Å². The Morgan fingerprint density at radius 1 is 1.64 bits per heavy atom. The zero-order chi connectivity index (χ0) is 10.1. The maximum atomic E-state index is 11.8. The molecular formula is C10H12N2O2. The third-order valence-corrected chi connectivity index (χ3v) is 2.43. The van der Waals surface area contributed by atoms with Gasteiger partial charge in [-0.3, -0.25) is 4.79 Å². The Labute approximate surface area is 81.1 Å². The molecular weight excluding hydrogens is 180 g/mol. The second kappa shape index (κ2) is 3.29. The molecule has 0 saturated heterocycles. The molecule has 0 aliphatic rings. The largest absolute Gasteiger partial charge is 0.458 e. The third kappa shape index (κ3) is 1.23. The van der Waals surface area contributed by atoms with Crippen molar-refractivity contribution >= 4 is 11.0 Å². The lowest BCUT2D eigenvalue weighted by Gasteiger charge is -2.09. The predicted molar refractivity (Wildman–Crippen MR) is 53.3 cm³/mol. The van der Waals surface area contributed by atoms with E-state index in [1.807, 2.05) is 13.8 Å². The Kier molecular flexibility index (Phi) is 2.11. The van der Waals surface area contributed by atoms with E-state index in [4.69, 9.17) is 4.42 Å². The van der Waals surface area contributed by atoms with Crippen molar-refractivity contribution in [2.75, 3.05) is 0 Å². The van der Waals surface area contributed by atoms with Gasteiger partial charge in [-0.05, 0) is 19.4 Å². The fourth-order valence-electron chi connectivity index (χ4n) is 1.36. The molecule has 2 aromatic heterocycles. The average molecular weight is 192 g/mol. The Balaban J connectivity index is 2.68. The smallest absolute Gasteiger partial charge is 0.310 e. The summed E-state index contributed by atoms with van der Waals surface area (Å²) in [5.41, 5.74) is 0.238. The standard InChI is InChI=1S/C10H12N2O2/c1-3-7(2)12-10(13)9-8(6-11-12)4-5-14-9/h4-7H,3H2,1-2H3/t7-/m0/s1. The van der Waals surface area contributed by atoms with Crippen molar-refractivity contribution in [3.05, 3.63) is 28.9 Å². The van der Waals surface area contributed by atoms with Crippen LogP contribution in [0.1, 0.15) is 26.3 Å². The van der Waals surface area contributed by atoms with Crippen LogP contribution in [0, 0.1) is 0 Å². The summed E-state index contributed by atoms with van der Waals surface area (Å²) in [6, 6.07) is 1.85. The van der Waals surface area contributed by atoms with Crippen LogP contribution in [0.5, 0.6) is 0 Å². The molecule has 0 bridgehead atoms. The zero-order valence-electron chi connectivity index (χ0n) is 8.23. The molecule has 0 fully saturated rings. The van der Waals surface area contributed by atoms with Crippen molar-refractivity contribution in [2.24, 2.45) is 0 Å². The maximum Gasteiger partial charge on any atom is 0.310 e. The highest BCUT2D eigenvalue weighted by Crippen LogP contribution is 2.11. The van der Waals surface area contributed by atoms with Crippen LogP contribution in [0.15, 0.2) is 27.7 Å². The summed E-state index contributed by atoms with van der Waals surface area (Å²) in [5, 5.41) is 4.85. The van der Waals surface area contributed by atoms with Gasteiger partial charge in [-0.25, -0.2) is 4.68 Å². The Bertz CT molecular complexity index is 498. The van der Waals surface area contributed by atoms with Gasteiger partial charge in [0, 0.05) is 5.39 Å². The van der Waals surface area contributed by atoms with Gasteiger partial charge in [-0.15, -0.1) is 0 Å². The van der Waals surface area contributed by atoms with Gasteiger partial charge >= 0.3 is 5.56 Å². The van der Waals surface area contributed by atoms with Crippen molar-refractivity contribution in [1.29, 1.82) is 0 Å². The van der Waals surface area contributed by atoms with Crippen LogP contribution in [0.2, 0.25) is 0 Å². The van der Waals surface area contributed by atoms with E-state index in [-0.39, 0.29) is 11.6 Å². The fourth-order valence-corrected chi connectivity index (χ4v) is 1.36. The van der Waals surface area contributed by atoms with Gasteiger partial charge < -0.3 is 4.42 Å². The van der Waals surface area contributed by atoms with Crippen molar-refractivity contribution in [2.45, 2.75) is 26.3 Å². The molecule has 2 rings (SSSR count). The lowest BCUT2D eigenvalue weighted by atomic mass is 10.2. The molecule has 0 saturated carbocycles. The van der Waals surface area contributed by atoms with Gasteiger partial charge in [0.25, 0.3) is 0 Å². The molecule has 0 unspecified atom stereocenters. The first-order valence-electron chi connectivity index (χ1n) is 4.69. The van der Waals surface area contributed by atoms with Crippen molar-refractivity contribution in [3.63, 3.8) is 0 Å². The van der Waals surface area contributed by atoms with E-state index >= 15 is 0 Å². The fraction of sp³-hybridized carbons (Fsp3) is 0.400. The number of furan rings is 1. The minimum absolute atomic E-state index is 0.108. The van der Waals surface area contributed by atoms with E-state index in [2.05, 4.69) is 5.10 Å². The molecule has 4 heteroatoms. The van der Waals surface area contributed by atoms with Gasteiger partial charge in [0.2, 0.25) is 5.58 Å². The Morgan fingerprint density at radius 2 is 2.43 bits per heavy atom. The van der Waals surface area contributed by atoms with Crippen molar-refractivity contribution in [3.8, 4) is 0 Å². The van der Waals surface area contributed by atoms with Gasteiger partial charge in [0.05, 0.1) is 18.5 Å². The normalized spacial score (nSPS) is 13.3. The van der Waals surface area contributed by atoms with Crippen LogP contribution in [-0.2, 0) is 0 Å². The second-order valence-electron chi connectivity index (χ2n) is 3.36. The number of nitrogens with zero attached hydrogens (tertiary/aromatic N) is 2. The van der Waals surface area contributed by atoms with Gasteiger partial charge in [0.15, 0.2) is 0 Å². The highest BCUT2D eigenvalue weighted by Gasteiger charge is 2.10. The summed E-state index contributed by atoms with van der Waals surface area (Å²) in [6.07, 6.45) is 4.04. The summed E-state index contributed by atoms with van der Waals surface area (Å²) >= 11 is 0. The number of hydrogen-bond acceptors (Lipinski definition) is 3. The van der Waals surface area contributed by atoms with Crippen LogP contribution in [0.3, 0.4) is 0 Å². The molecule has 74 valence electrons. The first kappa shape index (κ1) is 8.99. The summed E-state index contributed by atoms with van der Waals surface area (Å²) in [4.78, 5) is 11.8. The van der Waals surface area contributed by atoms with Crippen LogP contribution in [-0.4, -0.2) is 9.78 Å². The monoisotopic (exact) mass is 192 g/mol. The lowest BCUT2D eigenvalue weighted by Crippen LogP contribution is -2.24. The van der Waals surface area contributed by atoms with E-state index in [0.717, 1.165) is 11.8 Å². The van der Waals surface area contributed by atoms with Gasteiger partial charge in [-0.1, -0.05) is 6.92 Å². The molecule has 1 atom stereocenters. The highest BCUT2D eigenvalue weighted by molar-refractivity contribution is 5.74. The van der Waals surface area contributed by atoms with Crippen LogP contribution in [0.25, 0.3) is 11.0 Å². The maximum absolute atomic E-state index is 11.8. The van der Waals surface area contributed by atoms with E-state index in [0.29, 0.717) is 5.58 Å². The molecule has 14 heavy (non-hydrogen) atoms. The predicted octanol–water partition coefficient (Wildman–Crippen LogP) is 1.96. The summed E-state index contributed by atoms with van der Waals surface area (Å²) in [5.74, 6) is 0. The molecule has 0 spiro atoms. The quantitative estimate of drug-likeness (QED) is 0.730. The summed E-state index contributed by atoms with van der Waals surface area (Å²) in [7, 11) is 0. The summed E-state index contributed by atoms with van der Waals surface area (Å²) < 4.78 is 6.57. The van der Waals surface area contributed by atoms with Crippen LogP contribution >= 0.6 is 0 Å². The van der Waals surface area contributed by atoms with E-state index in [9.17, 15) is 4.79 Å². The molecule has 0 radical (unpaired) electrons. The molecule has 2 heterocycles. The molecule has 0 amide bonds. The van der Waals surface area contributed by atoms with E-state index in [1.54, 1.807) is 12.3 Å². The molecule has 0 N–H and O–H groups in total. The number of hydrogen-bond donors (Lipinski definition) is 0. The van der Waals surface area contributed by atoms with Crippen molar-refractivity contribution in [1.82, 2.24) is 9.78 Å². The van der Waals surface area contributed by atoms with E-state index in [1.165, 1.54) is 10.9 Å². The number of aromatic nitrogens is 2. The Morgan fingerprint density at radius 3 is 3.14 bits per heavy atom. The third-order valence-electron chi connectivity index (χ3n) is 2.43. The molecule has 0 aliphatic carbocycles. The van der Waals surface area contributed by atoms with Crippen molar-refractivity contribution < 1.29 is 4.42 Å². The average Bonchev–Trinajstić information content (AvgIpc) is 2.66. The molecule has 0 aromatic carbocycles. The Hall–Kier alpha value is -1.58. The summed E-state index contributed by atoms with van der Waals surface area (Å²) in [6.45, 7) is 3.98. The first-order chi connectivity index (χ1) is 6.74. The minimum Gasteiger partial charge on any atom is -0.458 e. The zero-order valence-corrected chi connectivity index (χ0v) is 8.23. The lowest BCUT2D eigenvalue weighted by molar-refractivity contribution is 0.451. The number of fused-ring (bicyclic) bond motifs is 1. The highest BCUT2D eigenvalue weighted by atomic mass is 16.3. The molecule has 4 nitrogen and oxygen atoms in total. The minimum atomic E-state index is -0.151. The van der Waals surface area contributed by atoms with Crippen LogP contribution < -0.4 is 5.56 Å². The topological polar surface area (TPSA) is 48.0 Å². The SMILES string of the molecule is CC[C@H](C)n1ncc2ccoc2c1=O. The first-order valence-corrected chi connectivity index (χ1v) is 4.69.